The first-order valence-corrected chi connectivity index (χ1v) is 12.3. The second-order valence-electron chi connectivity index (χ2n) is 9.34. The lowest BCUT2D eigenvalue weighted by Gasteiger charge is -2.20. The molecule has 1 aliphatic carbocycles. The van der Waals surface area contributed by atoms with Crippen LogP contribution in [0.5, 0.6) is 0 Å². The number of alkyl halides is 2. The van der Waals surface area contributed by atoms with E-state index >= 15 is 0 Å². The summed E-state index contributed by atoms with van der Waals surface area (Å²) in [6, 6.07) is 0. The van der Waals surface area contributed by atoms with E-state index < -0.39 is 11.7 Å². The number of carbonyl (C=O) groups excluding carboxylic acids is 3. The minimum Gasteiger partial charge on any atom is -0.463 e. The molecule has 1 saturated carbocycles. The van der Waals surface area contributed by atoms with Gasteiger partial charge in [0.25, 0.3) is 0 Å². The summed E-state index contributed by atoms with van der Waals surface area (Å²) in [4.78, 5) is 35.8. The maximum atomic E-state index is 14.1. The molecule has 1 aliphatic rings. The smallest absolute Gasteiger partial charge is 0.306 e. The predicted molar refractivity (Wildman–Crippen MR) is 118 cm³/mol. The molecular weight excluding hydrogens is 402 g/mol. The highest BCUT2D eigenvalue weighted by molar-refractivity contribution is 5.86. The van der Waals surface area contributed by atoms with Gasteiger partial charge in [0, 0.05) is 31.6 Å². The van der Waals surface area contributed by atoms with Crippen molar-refractivity contribution in [3.8, 4) is 0 Å². The van der Waals surface area contributed by atoms with E-state index in [4.69, 9.17) is 4.74 Å². The Kier molecular flexibility index (Phi) is 13.1. The minimum absolute atomic E-state index is 0.0494. The Morgan fingerprint density at radius 1 is 1.00 bits per heavy atom. The summed E-state index contributed by atoms with van der Waals surface area (Å²) < 4.78 is 33.3. The van der Waals surface area contributed by atoms with Gasteiger partial charge in [0.15, 0.2) is 0 Å². The Morgan fingerprint density at radius 3 is 2.35 bits per heavy atom. The van der Waals surface area contributed by atoms with E-state index in [0.717, 1.165) is 51.4 Å². The van der Waals surface area contributed by atoms with Crippen LogP contribution in [0.4, 0.5) is 8.78 Å². The molecule has 0 aromatic carbocycles. The molecule has 0 saturated heterocycles. The van der Waals surface area contributed by atoms with Crippen LogP contribution in [0.1, 0.15) is 117 Å². The van der Waals surface area contributed by atoms with Crippen LogP contribution in [0.15, 0.2) is 0 Å². The van der Waals surface area contributed by atoms with E-state index in [-0.39, 0.29) is 42.5 Å². The van der Waals surface area contributed by atoms with Gasteiger partial charge in [0.1, 0.15) is 5.78 Å². The second kappa shape index (κ2) is 14.7. The quantitative estimate of drug-likeness (QED) is 0.182. The van der Waals surface area contributed by atoms with Crippen molar-refractivity contribution >= 4 is 17.5 Å². The lowest BCUT2D eigenvalue weighted by Crippen LogP contribution is -2.29. The van der Waals surface area contributed by atoms with E-state index in [2.05, 4.69) is 0 Å². The lowest BCUT2D eigenvalue weighted by molar-refractivity contribution is -0.147. The summed E-state index contributed by atoms with van der Waals surface area (Å²) in [5, 5.41) is 0. The fraction of sp³-hybridized carbons (Fsp3) is 0.880. The van der Waals surface area contributed by atoms with Crippen LogP contribution < -0.4 is 0 Å². The fourth-order valence-electron chi connectivity index (χ4n) is 4.44. The molecule has 0 heterocycles. The Bertz CT molecular complexity index is 560. The highest BCUT2D eigenvalue weighted by Crippen LogP contribution is 2.37. The number of ketones is 2. The lowest BCUT2D eigenvalue weighted by atomic mass is 9.85. The van der Waals surface area contributed by atoms with Crippen LogP contribution >= 0.6 is 0 Å². The number of ether oxygens (including phenoxy) is 1. The van der Waals surface area contributed by atoms with Crippen LogP contribution in [-0.2, 0) is 19.1 Å². The van der Waals surface area contributed by atoms with Crippen LogP contribution in [0.2, 0.25) is 0 Å². The van der Waals surface area contributed by atoms with Crippen LogP contribution in [0, 0.1) is 11.8 Å². The first kappa shape index (κ1) is 27.7. The van der Waals surface area contributed by atoms with E-state index in [0.29, 0.717) is 32.1 Å². The molecular formula is C25H42F2O4. The molecule has 0 N–H and O–H groups in total. The zero-order valence-corrected chi connectivity index (χ0v) is 19.7. The van der Waals surface area contributed by atoms with Gasteiger partial charge in [-0.15, -0.1) is 0 Å². The first-order chi connectivity index (χ1) is 14.7. The molecule has 31 heavy (non-hydrogen) atoms. The molecule has 0 aromatic heterocycles. The van der Waals surface area contributed by atoms with Crippen molar-refractivity contribution in [2.24, 2.45) is 11.8 Å². The number of Topliss-reactive ketones (excluding diaryl/α,β-unsaturated/α-hetero) is 2. The van der Waals surface area contributed by atoms with Gasteiger partial charge >= 0.3 is 11.9 Å². The number of halogens is 2. The Hall–Kier alpha value is -1.33. The number of esters is 1. The molecule has 0 spiro atoms. The molecule has 0 radical (unpaired) electrons. The van der Waals surface area contributed by atoms with Crippen molar-refractivity contribution < 1.29 is 27.9 Å². The predicted octanol–water partition coefficient (Wildman–Crippen LogP) is 6.83. The third-order valence-electron chi connectivity index (χ3n) is 6.25. The molecule has 2 atom stereocenters. The first-order valence-electron chi connectivity index (χ1n) is 12.3. The van der Waals surface area contributed by atoms with Gasteiger partial charge in [-0.05, 0) is 51.9 Å². The maximum Gasteiger partial charge on any atom is 0.306 e. The van der Waals surface area contributed by atoms with Crippen molar-refractivity contribution in [1.29, 1.82) is 0 Å². The molecule has 4 nitrogen and oxygen atoms in total. The Balaban J connectivity index is 2.29. The molecule has 0 amide bonds. The van der Waals surface area contributed by atoms with Gasteiger partial charge in [-0.2, -0.15) is 8.78 Å². The zero-order valence-electron chi connectivity index (χ0n) is 19.7. The molecule has 1 fully saturated rings. The fourth-order valence-corrected chi connectivity index (χ4v) is 4.44. The van der Waals surface area contributed by atoms with Crippen LogP contribution in [-0.4, -0.2) is 29.6 Å². The van der Waals surface area contributed by atoms with Gasteiger partial charge < -0.3 is 4.74 Å². The summed E-state index contributed by atoms with van der Waals surface area (Å²) in [5.41, 5.74) is 0. The third kappa shape index (κ3) is 11.2. The summed E-state index contributed by atoms with van der Waals surface area (Å²) in [5.74, 6) is -4.21. The average Bonchev–Trinajstić information content (AvgIpc) is 3.05. The minimum atomic E-state index is -3.23. The van der Waals surface area contributed by atoms with E-state index in [1.54, 1.807) is 0 Å². The van der Waals surface area contributed by atoms with Crippen molar-refractivity contribution in [2.75, 3.05) is 0 Å². The van der Waals surface area contributed by atoms with Gasteiger partial charge in [0.2, 0.25) is 5.78 Å². The average molecular weight is 445 g/mol. The SMILES string of the molecule is CCCCCCC(F)(F)C(=O)CC[C@H]1CCC(=O)C1CCCCCCC(=O)OC(C)C. The summed E-state index contributed by atoms with van der Waals surface area (Å²) in [7, 11) is 0. The van der Waals surface area contributed by atoms with Gasteiger partial charge in [-0.1, -0.05) is 45.4 Å². The number of unbranched alkanes of at least 4 members (excludes halogenated alkanes) is 6. The summed E-state index contributed by atoms with van der Waals surface area (Å²) in [6.45, 7) is 5.68. The van der Waals surface area contributed by atoms with Crippen LogP contribution in [0.3, 0.4) is 0 Å². The standard InChI is InChI=1S/C25H42F2O4/c1-4-5-6-11-18-25(26,27)23(29)17-15-20-14-16-22(28)21(20)12-9-7-8-10-13-24(30)31-19(2)3/h19-21H,4-18H2,1-3H3/t20-,21?/m1/s1. The number of rotatable bonds is 17. The van der Waals surface area contributed by atoms with Crippen molar-refractivity contribution in [2.45, 2.75) is 129 Å². The monoisotopic (exact) mass is 444 g/mol. The largest absolute Gasteiger partial charge is 0.463 e. The Labute approximate surface area is 186 Å². The van der Waals surface area contributed by atoms with E-state index in [1.807, 2.05) is 20.8 Å². The molecule has 180 valence electrons. The molecule has 0 aliphatic heterocycles. The normalized spacial score (nSPS) is 19.2. The summed E-state index contributed by atoms with van der Waals surface area (Å²) >= 11 is 0. The molecule has 0 bridgehead atoms. The number of hydrogen-bond donors (Lipinski definition) is 0. The molecule has 0 aromatic rings. The van der Waals surface area contributed by atoms with Crippen molar-refractivity contribution in [1.82, 2.24) is 0 Å². The number of hydrogen-bond acceptors (Lipinski definition) is 4. The number of carbonyl (C=O) groups is 3. The molecule has 1 unspecified atom stereocenters. The van der Waals surface area contributed by atoms with Crippen molar-refractivity contribution in [3.05, 3.63) is 0 Å². The van der Waals surface area contributed by atoms with Gasteiger partial charge in [0.05, 0.1) is 6.10 Å². The zero-order chi connectivity index (χ0) is 23.3. The third-order valence-corrected chi connectivity index (χ3v) is 6.25. The highest BCUT2D eigenvalue weighted by atomic mass is 19.3. The highest BCUT2D eigenvalue weighted by Gasteiger charge is 2.39. The van der Waals surface area contributed by atoms with Gasteiger partial charge in [-0.25, -0.2) is 0 Å². The van der Waals surface area contributed by atoms with Gasteiger partial charge in [-0.3, -0.25) is 14.4 Å². The van der Waals surface area contributed by atoms with E-state index in [1.165, 1.54) is 0 Å². The maximum absolute atomic E-state index is 14.1. The van der Waals surface area contributed by atoms with E-state index in [9.17, 15) is 23.2 Å². The second-order valence-corrected chi connectivity index (χ2v) is 9.34. The summed E-state index contributed by atoms with van der Waals surface area (Å²) in [6.07, 6.45) is 8.67. The Morgan fingerprint density at radius 2 is 1.68 bits per heavy atom. The topological polar surface area (TPSA) is 60.4 Å². The molecule has 1 rings (SSSR count). The van der Waals surface area contributed by atoms with Crippen molar-refractivity contribution in [3.63, 3.8) is 0 Å². The molecule has 6 heteroatoms. The van der Waals surface area contributed by atoms with Crippen LogP contribution in [0.25, 0.3) is 0 Å².